The Morgan fingerprint density at radius 1 is 1.38 bits per heavy atom. The second-order valence-corrected chi connectivity index (χ2v) is 6.24. The predicted octanol–water partition coefficient (Wildman–Crippen LogP) is 3.44. The van der Waals surface area contributed by atoms with Gasteiger partial charge in [-0.25, -0.2) is 8.78 Å². The monoisotopic (exact) mass is 355 g/mol. The molecule has 1 fully saturated rings. The first-order valence-electron chi connectivity index (χ1n) is 6.18. The molecule has 116 valence electrons. The summed E-state index contributed by atoms with van der Waals surface area (Å²) in [6, 6.07) is 2.88. The predicted molar refractivity (Wildman–Crippen MR) is 81.7 cm³/mol. The molecule has 1 heterocycles. The van der Waals surface area contributed by atoms with Crippen molar-refractivity contribution in [2.45, 2.75) is 18.3 Å². The maximum absolute atomic E-state index is 13.3. The van der Waals surface area contributed by atoms with Crippen molar-refractivity contribution in [3.63, 3.8) is 0 Å². The third-order valence-electron chi connectivity index (χ3n) is 3.39. The largest absolute Gasteiger partial charge is 0.508 e. The Bertz CT molecular complexity index is 571. The van der Waals surface area contributed by atoms with Crippen LogP contribution in [0.1, 0.15) is 17.9 Å². The van der Waals surface area contributed by atoms with E-state index in [1.54, 1.807) is 0 Å². The van der Waals surface area contributed by atoms with Crippen molar-refractivity contribution < 1.29 is 19.0 Å². The molecule has 0 bridgehead atoms. The highest BCUT2D eigenvalue weighted by Crippen LogP contribution is 2.42. The zero-order chi connectivity index (χ0) is 15.8. The molecule has 0 amide bonds. The van der Waals surface area contributed by atoms with Gasteiger partial charge in [-0.05, 0) is 12.1 Å². The number of aromatic hydroxyl groups is 1. The topological polar surface area (TPSA) is 43.7 Å². The number of benzene rings is 1. The summed E-state index contributed by atoms with van der Waals surface area (Å²) in [5.74, 6) is -3.56. The molecular formula is C13H13Cl2F2NO2S. The van der Waals surface area contributed by atoms with Crippen LogP contribution in [0.25, 0.3) is 0 Å². The first kappa shape index (κ1) is 16.7. The lowest BCUT2D eigenvalue weighted by Gasteiger charge is -2.24. The van der Waals surface area contributed by atoms with Gasteiger partial charge in [0.15, 0.2) is 0 Å². The molecule has 2 rings (SSSR count). The number of thiocarbonyl (C=S) groups is 1. The molecule has 3 nitrogen and oxygen atoms in total. The average Bonchev–Trinajstić information content (AvgIpc) is 2.75. The summed E-state index contributed by atoms with van der Waals surface area (Å²) in [7, 11) is 0. The minimum absolute atomic E-state index is 0.0343. The van der Waals surface area contributed by atoms with Crippen molar-refractivity contribution in [3.8, 4) is 5.75 Å². The van der Waals surface area contributed by atoms with Crippen molar-refractivity contribution in [3.05, 3.63) is 27.7 Å². The zero-order valence-corrected chi connectivity index (χ0v) is 13.2. The van der Waals surface area contributed by atoms with Gasteiger partial charge in [0.25, 0.3) is 5.92 Å². The number of aliphatic hydroxyl groups excluding tert-OH is 1. The quantitative estimate of drug-likeness (QED) is 0.812. The van der Waals surface area contributed by atoms with Gasteiger partial charge in [-0.15, -0.1) is 0 Å². The molecule has 21 heavy (non-hydrogen) atoms. The van der Waals surface area contributed by atoms with Gasteiger partial charge in [0.1, 0.15) is 12.4 Å². The second-order valence-electron chi connectivity index (χ2n) is 4.98. The Labute approximate surface area is 136 Å². The van der Waals surface area contributed by atoms with E-state index in [1.807, 2.05) is 0 Å². The van der Waals surface area contributed by atoms with E-state index in [0.717, 1.165) is 0 Å². The summed E-state index contributed by atoms with van der Waals surface area (Å²) < 4.78 is 26.6. The zero-order valence-electron chi connectivity index (χ0n) is 10.8. The highest BCUT2D eigenvalue weighted by molar-refractivity contribution is 7.80. The molecule has 1 aromatic rings. The second kappa shape index (κ2) is 6.20. The number of halogens is 4. The molecule has 0 aliphatic carbocycles. The third kappa shape index (κ3) is 3.56. The molecule has 1 atom stereocenters. The number of nitrogens with zero attached hydrogens (tertiary/aromatic N) is 1. The van der Waals surface area contributed by atoms with Crippen LogP contribution in [-0.4, -0.2) is 45.7 Å². The van der Waals surface area contributed by atoms with E-state index in [2.05, 4.69) is 0 Å². The van der Waals surface area contributed by atoms with Gasteiger partial charge >= 0.3 is 0 Å². The number of aliphatic hydroxyl groups is 1. The van der Waals surface area contributed by atoms with E-state index in [-0.39, 0.29) is 28.3 Å². The maximum atomic E-state index is 13.3. The van der Waals surface area contributed by atoms with Crippen molar-refractivity contribution in [1.82, 2.24) is 4.90 Å². The van der Waals surface area contributed by atoms with Crippen molar-refractivity contribution >= 4 is 40.4 Å². The van der Waals surface area contributed by atoms with Gasteiger partial charge in [0.05, 0.1) is 21.6 Å². The van der Waals surface area contributed by atoms with E-state index in [9.17, 15) is 13.9 Å². The van der Waals surface area contributed by atoms with Crippen LogP contribution in [0.3, 0.4) is 0 Å². The number of phenolic OH excluding ortho intramolecular Hbond substituents is 1. The number of phenols is 1. The molecule has 1 aliphatic heterocycles. The summed E-state index contributed by atoms with van der Waals surface area (Å²) >= 11 is 17.1. The van der Waals surface area contributed by atoms with Gasteiger partial charge in [0, 0.05) is 24.4 Å². The fourth-order valence-electron chi connectivity index (χ4n) is 2.39. The number of rotatable bonds is 4. The van der Waals surface area contributed by atoms with E-state index < -0.39 is 19.1 Å². The van der Waals surface area contributed by atoms with Crippen molar-refractivity contribution in [2.75, 3.05) is 19.7 Å². The van der Waals surface area contributed by atoms with Crippen LogP contribution >= 0.6 is 35.4 Å². The molecule has 8 heteroatoms. The van der Waals surface area contributed by atoms with Gasteiger partial charge in [-0.1, -0.05) is 35.4 Å². The lowest BCUT2D eigenvalue weighted by Crippen LogP contribution is -2.39. The van der Waals surface area contributed by atoms with Crippen molar-refractivity contribution in [2.24, 2.45) is 0 Å². The highest BCUT2D eigenvalue weighted by atomic mass is 35.5. The van der Waals surface area contributed by atoms with Crippen LogP contribution in [0.15, 0.2) is 12.1 Å². The molecule has 0 saturated carbocycles. The molecule has 1 saturated heterocycles. The molecular weight excluding hydrogens is 343 g/mol. The first-order valence-corrected chi connectivity index (χ1v) is 7.35. The van der Waals surface area contributed by atoms with Gasteiger partial charge in [-0.2, -0.15) is 0 Å². The Hall–Kier alpha value is -0.690. The summed E-state index contributed by atoms with van der Waals surface area (Å²) in [5.41, 5.74) is 0.418. The van der Waals surface area contributed by atoms with Gasteiger partial charge in [-0.3, -0.25) is 0 Å². The van der Waals surface area contributed by atoms with Gasteiger partial charge < -0.3 is 15.1 Å². The number of hydrogen-bond donors (Lipinski definition) is 2. The SMILES string of the molecule is OCC(F)(F)CN1CC(c2c(O)ccc(Cl)c2Cl)CC1=S. The molecule has 1 aliphatic rings. The lowest BCUT2D eigenvalue weighted by molar-refractivity contribution is -0.0611. The minimum Gasteiger partial charge on any atom is -0.508 e. The molecule has 0 aromatic heterocycles. The van der Waals surface area contributed by atoms with Crippen LogP contribution in [0, 0.1) is 0 Å². The van der Waals surface area contributed by atoms with Crippen LogP contribution < -0.4 is 0 Å². The Kier molecular flexibility index (Phi) is 4.92. The maximum Gasteiger partial charge on any atom is 0.287 e. The first-order chi connectivity index (χ1) is 9.75. The fraction of sp³-hybridized carbons (Fsp3) is 0.462. The summed E-state index contributed by atoms with van der Waals surface area (Å²) in [6.45, 7) is -1.69. The van der Waals surface area contributed by atoms with Crippen LogP contribution in [0.2, 0.25) is 10.0 Å². The number of likely N-dealkylation sites (tertiary alicyclic amines) is 1. The normalized spacial score (nSPS) is 19.4. The summed E-state index contributed by atoms with van der Waals surface area (Å²) in [4.78, 5) is 1.68. The average molecular weight is 356 g/mol. The van der Waals surface area contributed by atoms with E-state index >= 15 is 0 Å². The van der Waals surface area contributed by atoms with Crippen molar-refractivity contribution in [1.29, 1.82) is 0 Å². The number of hydrogen-bond acceptors (Lipinski definition) is 3. The van der Waals surface area contributed by atoms with E-state index in [4.69, 9.17) is 40.5 Å². The van der Waals surface area contributed by atoms with E-state index in [1.165, 1.54) is 17.0 Å². The van der Waals surface area contributed by atoms with Crippen LogP contribution in [-0.2, 0) is 0 Å². The number of alkyl halides is 2. The summed E-state index contributed by atoms with van der Waals surface area (Å²) in [5, 5.41) is 19.1. The highest BCUT2D eigenvalue weighted by Gasteiger charge is 2.38. The Morgan fingerprint density at radius 3 is 2.67 bits per heavy atom. The molecule has 1 unspecified atom stereocenters. The Morgan fingerprint density at radius 2 is 2.05 bits per heavy atom. The smallest absolute Gasteiger partial charge is 0.287 e. The van der Waals surface area contributed by atoms with Crippen LogP contribution in [0.5, 0.6) is 5.75 Å². The summed E-state index contributed by atoms with van der Waals surface area (Å²) in [6.07, 6.45) is 0.324. The third-order valence-corrected chi connectivity index (χ3v) is 4.63. The fourth-order valence-corrected chi connectivity index (χ4v) is 3.21. The molecule has 0 radical (unpaired) electrons. The van der Waals surface area contributed by atoms with Crippen LogP contribution in [0.4, 0.5) is 8.78 Å². The molecule has 1 aromatic carbocycles. The van der Waals surface area contributed by atoms with Gasteiger partial charge in [0.2, 0.25) is 0 Å². The molecule has 2 N–H and O–H groups in total. The molecule has 0 spiro atoms. The Balaban J connectivity index is 2.22. The minimum atomic E-state index is -3.22. The van der Waals surface area contributed by atoms with E-state index in [0.29, 0.717) is 17.0 Å². The lowest BCUT2D eigenvalue weighted by atomic mass is 9.97. The standard InChI is InChI=1S/C13H13Cl2F2NO2S/c14-8-1-2-9(20)11(12(8)15)7-3-10(21)18(4-7)5-13(16,17)6-19/h1-2,7,19-20H,3-6H2.